The van der Waals surface area contributed by atoms with E-state index < -0.39 is 34.2 Å². The number of rotatable bonds is 5. The third-order valence-corrected chi connectivity index (χ3v) is 1.94. The Balaban J connectivity index is -0.000000238. The molecule has 0 radical (unpaired) electrons. The Morgan fingerprint density at radius 1 is 1.22 bits per heavy atom. The van der Waals surface area contributed by atoms with Crippen LogP contribution in [-0.4, -0.2) is 40.9 Å². The summed E-state index contributed by atoms with van der Waals surface area (Å²) in [5, 5.41) is 16.1. The molecule has 2 N–H and O–H groups in total. The van der Waals surface area contributed by atoms with Gasteiger partial charge in [0.15, 0.2) is 0 Å². The molecule has 0 aliphatic heterocycles. The van der Waals surface area contributed by atoms with Gasteiger partial charge in [-0.2, -0.15) is 0 Å². The first-order chi connectivity index (χ1) is 7.45. The van der Waals surface area contributed by atoms with Crippen molar-refractivity contribution in [3.8, 4) is 0 Å². The summed E-state index contributed by atoms with van der Waals surface area (Å²) in [6, 6.07) is 0. The van der Waals surface area contributed by atoms with Crippen molar-refractivity contribution in [1.82, 2.24) is 0 Å². The number of carbonyl (C=O) groups is 2. The van der Waals surface area contributed by atoms with Crippen molar-refractivity contribution in [3.05, 3.63) is 24.3 Å². The van der Waals surface area contributed by atoms with Crippen molar-refractivity contribution in [3.63, 3.8) is 0 Å². The van der Waals surface area contributed by atoms with E-state index in [9.17, 15) is 22.6 Å². The maximum absolute atomic E-state index is 9.87. The molecular formula is C9H13NaO7S. The van der Waals surface area contributed by atoms with Crippen LogP contribution < -0.4 is 29.6 Å². The molecule has 0 aromatic heterocycles. The van der Waals surface area contributed by atoms with Crippen LogP contribution in [0, 0.1) is 0 Å². The zero-order chi connectivity index (χ0) is 14.2. The standard InChI is InChI=1S/C5H6O4.C4H8O3S.Na/c1-3(5(8)9)2-4(6)7;1-4(2)3-8(5,6)7;/h1-2H2,(H,6,7)(H,8,9);1,3H2,2H3,(H,5,6,7);/q;;+1/p-1. The van der Waals surface area contributed by atoms with Crippen molar-refractivity contribution >= 4 is 22.1 Å². The largest absolute Gasteiger partial charge is 1.00 e. The Morgan fingerprint density at radius 2 is 1.61 bits per heavy atom. The third kappa shape index (κ3) is 20.7. The molecule has 0 amide bonds. The minimum absolute atomic E-state index is 0. The first-order valence-corrected chi connectivity index (χ1v) is 5.74. The quantitative estimate of drug-likeness (QED) is 0.242. The molecule has 0 aliphatic rings. The van der Waals surface area contributed by atoms with E-state index >= 15 is 0 Å². The maximum atomic E-state index is 9.87. The number of carboxylic acid groups (broad SMARTS) is 2. The minimum Gasteiger partial charge on any atom is -0.748 e. The predicted octanol–water partition coefficient (Wildman–Crippen LogP) is -2.79. The Labute approximate surface area is 127 Å². The Kier molecular flexibility index (Phi) is 12.8. The Bertz CT molecular complexity index is 424. The zero-order valence-electron chi connectivity index (χ0n) is 10.2. The van der Waals surface area contributed by atoms with Gasteiger partial charge in [-0.1, -0.05) is 18.7 Å². The van der Waals surface area contributed by atoms with Crippen LogP contribution in [0.3, 0.4) is 0 Å². The average molecular weight is 288 g/mol. The van der Waals surface area contributed by atoms with Crippen LogP contribution in [-0.2, 0) is 19.7 Å². The molecule has 7 nitrogen and oxygen atoms in total. The summed E-state index contributed by atoms with van der Waals surface area (Å²) >= 11 is 0. The summed E-state index contributed by atoms with van der Waals surface area (Å²) in [5.74, 6) is -2.90. The van der Waals surface area contributed by atoms with E-state index in [4.69, 9.17) is 10.2 Å². The normalized spacial score (nSPS) is 9.22. The molecule has 0 atom stereocenters. The Morgan fingerprint density at radius 3 is 1.67 bits per heavy atom. The molecule has 0 aromatic carbocycles. The topological polar surface area (TPSA) is 132 Å². The minimum atomic E-state index is -4.07. The third-order valence-electron chi connectivity index (χ3n) is 1.09. The van der Waals surface area contributed by atoms with Gasteiger partial charge in [-0.25, -0.2) is 13.2 Å². The van der Waals surface area contributed by atoms with Crippen LogP contribution in [0.25, 0.3) is 0 Å². The summed E-state index contributed by atoms with van der Waals surface area (Å²) < 4.78 is 29.5. The van der Waals surface area contributed by atoms with Gasteiger partial charge in [0, 0.05) is 5.57 Å². The number of hydrogen-bond acceptors (Lipinski definition) is 5. The molecule has 0 spiro atoms. The van der Waals surface area contributed by atoms with Crippen LogP contribution in [0.1, 0.15) is 13.3 Å². The van der Waals surface area contributed by atoms with Gasteiger partial charge in [0.2, 0.25) is 0 Å². The van der Waals surface area contributed by atoms with Gasteiger partial charge in [-0.3, -0.25) is 4.79 Å². The van der Waals surface area contributed by atoms with Crippen LogP contribution in [0.2, 0.25) is 0 Å². The maximum Gasteiger partial charge on any atom is 1.00 e. The fraction of sp³-hybridized carbons (Fsp3) is 0.333. The second-order valence-corrected chi connectivity index (χ2v) is 4.54. The molecule has 0 bridgehead atoms. The van der Waals surface area contributed by atoms with Crippen LogP contribution in [0.4, 0.5) is 0 Å². The van der Waals surface area contributed by atoms with Gasteiger partial charge in [-0.15, -0.1) is 0 Å². The van der Waals surface area contributed by atoms with Gasteiger partial charge >= 0.3 is 41.5 Å². The van der Waals surface area contributed by atoms with E-state index in [1.165, 1.54) is 6.92 Å². The molecule has 0 fully saturated rings. The van der Waals surface area contributed by atoms with E-state index in [1.807, 2.05) is 0 Å². The van der Waals surface area contributed by atoms with Gasteiger partial charge in [0.25, 0.3) is 0 Å². The van der Waals surface area contributed by atoms with Crippen molar-refractivity contribution in [2.24, 2.45) is 0 Å². The Hall–Kier alpha value is -0.670. The molecule has 9 heteroatoms. The average Bonchev–Trinajstić information content (AvgIpc) is 1.98. The van der Waals surface area contributed by atoms with Crippen LogP contribution in [0.5, 0.6) is 0 Å². The molecule has 0 saturated carbocycles. The van der Waals surface area contributed by atoms with E-state index in [-0.39, 0.29) is 35.1 Å². The molecular weight excluding hydrogens is 275 g/mol. The van der Waals surface area contributed by atoms with Crippen molar-refractivity contribution in [2.75, 3.05) is 5.75 Å². The van der Waals surface area contributed by atoms with Gasteiger partial charge in [-0.05, 0) is 6.92 Å². The van der Waals surface area contributed by atoms with Crippen LogP contribution >= 0.6 is 0 Å². The summed E-state index contributed by atoms with van der Waals surface area (Å²) in [5.41, 5.74) is 0.0718. The zero-order valence-corrected chi connectivity index (χ0v) is 13.0. The first-order valence-electron chi connectivity index (χ1n) is 4.16. The molecule has 0 heterocycles. The van der Waals surface area contributed by atoms with E-state index in [2.05, 4.69) is 13.2 Å². The molecule has 0 aromatic rings. The molecule has 0 saturated heterocycles. The van der Waals surface area contributed by atoms with E-state index in [1.54, 1.807) is 0 Å². The molecule has 0 unspecified atom stereocenters. The number of hydrogen-bond donors (Lipinski definition) is 2. The smallest absolute Gasteiger partial charge is 0.748 e. The predicted molar refractivity (Wildman–Crippen MR) is 58.4 cm³/mol. The van der Waals surface area contributed by atoms with Gasteiger partial charge < -0.3 is 14.8 Å². The fourth-order valence-electron chi connectivity index (χ4n) is 0.560. The van der Waals surface area contributed by atoms with E-state index in [0.717, 1.165) is 0 Å². The fourth-order valence-corrected chi connectivity index (χ4v) is 1.16. The van der Waals surface area contributed by atoms with Crippen molar-refractivity contribution in [1.29, 1.82) is 0 Å². The van der Waals surface area contributed by atoms with Crippen molar-refractivity contribution in [2.45, 2.75) is 13.3 Å². The van der Waals surface area contributed by atoms with Crippen LogP contribution in [0.15, 0.2) is 24.3 Å². The SMILES string of the molecule is C=C(C)CS(=O)(=O)[O-].C=C(CC(=O)O)C(=O)O.[Na+]. The number of carboxylic acids is 2. The summed E-state index contributed by atoms with van der Waals surface area (Å²) in [4.78, 5) is 19.7. The second kappa shape index (κ2) is 10.3. The molecule has 0 aliphatic carbocycles. The van der Waals surface area contributed by atoms with Gasteiger partial charge in [0.05, 0.1) is 22.3 Å². The summed E-state index contributed by atoms with van der Waals surface area (Å²) in [6.45, 7) is 7.77. The molecule has 0 rings (SSSR count). The molecule has 18 heavy (non-hydrogen) atoms. The second-order valence-electron chi connectivity index (χ2n) is 3.14. The molecule has 98 valence electrons. The summed E-state index contributed by atoms with van der Waals surface area (Å²) in [7, 11) is -4.07. The van der Waals surface area contributed by atoms with E-state index in [0.29, 0.717) is 5.57 Å². The number of aliphatic carboxylic acids is 2. The van der Waals surface area contributed by atoms with Crippen molar-refractivity contribution < 1.29 is 62.3 Å². The van der Waals surface area contributed by atoms with Gasteiger partial charge in [0.1, 0.15) is 0 Å². The first kappa shape index (κ1) is 22.5. The summed E-state index contributed by atoms with van der Waals surface area (Å²) in [6.07, 6.45) is -0.505. The monoisotopic (exact) mass is 288 g/mol.